The zero-order chi connectivity index (χ0) is 9.07. The summed E-state index contributed by atoms with van der Waals surface area (Å²) in [5, 5.41) is 4.58. The van der Waals surface area contributed by atoms with Crippen LogP contribution in [0.15, 0.2) is 0 Å². The van der Waals surface area contributed by atoms with Crippen LogP contribution in [0.25, 0.3) is 0 Å². The number of nitrogens with two attached hydrogens (primary N) is 1. The molecule has 0 aromatic rings. The number of carbonyl (C=O) groups excluding carboxylic acids is 1. The number of hydrogen-bond acceptors (Lipinski definition) is 4. The predicted octanol–water partition coefficient (Wildman–Crippen LogP) is -1.66. The molecule has 0 saturated heterocycles. The summed E-state index contributed by atoms with van der Waals surface area (Å²) in [6, 6.07) is -0.949. The van der Waals surface area contributed by atoms with Crippen LogP contribution in [0.5, 0.6) is 0 Å². The smallest absolute Gasteiger partial charge is 0.323 e. The van der Waals surface area contributed by atoms with E-state index in [1.807, 2.05) is 4.72 Å². The molecule has 0 bridgehead atoms. The second kappa shape index (κ2) is 3.65. The topological polar surface area (TPSA) is 98.5 Å². The van der Waals surface area contributed by atoms with Gasteiger partial charge < -0.3 is 4.74 Å². The van der Waals surface area contributed by atoms with Gasteiger partial charge >= 0.3 is 5.97 Å². The summed E-state index contributed by atoms with van der Waals surface area (Å²) in [5.74, 6) is -0.681. The Morgan fingerprint density at radius 1 is 1.64 bits per heavy atom. The summed E-state index contributed by atoms with van der Waals surface area (Å²) in [7, 11) is -2.67. The van der Waals surface area contributed by atoms with Crippen molar-refractivity contribution >= 4 is 16.2 Å². The molecule has 1 atom stereocenters. The van der Waals surface area contributed by atoms with E-state index in [4.69, 9.17) is 0 Å². The van der Waals surface area contributed by atoms with E-state index in [1.165, 1.54) is 6.92 Å². The van der Waals surface area contributed by atoms with Gasteiger partial charge in [0.25, 0.3) is 10.2 Å². The summed E-state index contributed by atoms with van der Waals surface area (Å²) >= 11 is 0. The van der Waals surface area contributed by atoms with Crippen molar-refractivity contribution in [3.05, 3.63) is 0 Å². The molecule has 6 nitrogen and oxygen atoms in total. The molecule has 0 aromatic heterocycles. The Bertz CT molecular complexity index is 234. The zero-order valence-electron chi connectivity index (χ0n) is 6.20. The van der Waals surface area contributed by atoms with Crippen LogP contribution in [0.3, 0.4) is 0 Å². The monoisotopic (exact) mass is 182 g/mol. The lowest BCUT2D eigenvalue weighted by atomic mass is 10.4. The van der Waals surface area contributed by atoms with Crippen LogP contribution in [0.4, 0.5) is 0 Å². The predicted molar refractivity (Wildman–Crippen MR) is 37.7 cm³/mol. The van der Waals surface area contributed by atoms with Crippen molar-refractivity contribution in [2.75, 3.05) is 7.11 Å². The Balaban J connectivity index is 4.09. The van der Waals surface area contributed by atoms with E-state index in [2.05, 4.69) is 9.88 Å². The van der Waals surface area contributed by atoms with Gasteiger partial charge in [0.1, 0.15) is 6.04 Å². The third-order valence-corrected chi connectivity index (χ3v) is 1.58. The first-order valence-electron chi connectivity index (χ1n) is 2.74. The molecule has 0 saturated carbocycles. The Morgan fingerprint density at radius 2 is 2.09 bits per heavy atom. The van der Waals surface area contributed by atoms with Crippen LogP contribution < -0.4 is 9.86 Å². The van der Waals surface area contributed by atoms with Crippen LogP contribution in [0, 0.1) is 0 Å². The highest BCUT2D eigenvalue weighted by atomic mass is 32.2. The molecule has 0 heterocycles. The molecule has 0 aromatic carbocycles. The SMILES string of the molecule is COC(=O)C(C)NS(N)(=O)=O. The molecule has 0 aliphatic heterocycles. The fraction of sp³-hybridized carbons (Fsp3) is 0.750. The minimum Gasteiger partial charge on any atom is -0.468 e. The molecule has 11 heavy (non-hydrogen) atoms. The van der Waals surface area contributed by atoms with E-state index in [9.17, 15) is 13.2 Å². The summed E-state index contributed by atoms with van der Waals surface area (Å²) in [6.07, 6.45) is 0. The molecular formula is C4H10N2O4S. The van der Waals surface area contributed by atoms with Crippen molar-refractivity contribution in [1.29, 1.82) is 0 Å². The highest BCUT2D eigenvalue weighted by Crippen LogP contribution is 1.86. The number of methoxy groups -OCH3 is 1. The van der Waals surface area contributed by atoms with E-state index in [-0.39, 0.29) is 0 Å². The van der Waals surface area contributed by atoms with Gasteiger partial charge in [-0.3, -0.25) is 4.79 Å². The lowest BCUT2D eigenvalue weighted by molar-refractivity contribution is -0.142. The molecule has 0 aliphatic rings. The van der Waals surface area contributed by atoms with Crippen LogP contribution >= 0.6 is 0 Å². The van der Waals surface area contributed by atoms with Gasteiger partial charge in [0.15, 0.2) is 0 Å². The second-order valence-corrected chi connectivity index (χ2v) is 3.23. The van der Waals surface area contributed by atoms with Crippen LogP contribution in [0.1, 0.15) is 6.92 Å². The maximum atomic E-state index is 10.6. The van der Waals surface area contributed by atoms with Crippen LogP contribution in [-0.2, 0) is 19.7 Å². The maximum Gasteiger partial charge on any atom is 0.323 e. The summed E-state index contributed by atoms with van der Waals surface area (Å²) in [5.41, 5.74) is 0. The molecule has 66 valence electrons. The lowest BCUT2D eigenvalue weighted by Gasteiger charge is -2.07. The largest absolute Gasteiger partial charge is 0.468 e. The van der Waals surface area contributed by atoms with Crippen molar-refractivity contribution in [1.82, 2.24) is 4.72 Å². The van der Waals surface area contributed by atoms with Crippen molar-refractivity contribution in [2.45, 2.75) is 13.0 Å². The highest BCUT2D eigenvalue weighted by Gasteiger charge is 2.16. The molecule has 0 amide bonds. The first kappa shape index (κ1) is 10.3. The highest BCUT2D eigenvalue weighted by molar-refractivity contribution is 7.87. The minimum absolute atomic E-state index is 0.681. The molecule has 0 radical (unpaired) electrons. The third kappa shape index (κ3) is 4.71. The number of hydrogen-bond donors (Lipinski definition) is 2. The van der Waals surface area contributed by atoms with Gasteiger partial charge in [-0.2, -0.15) is 13.1 Å². The summed E-state index contributed by atoms with van der Waals surface area (Å²) < 4.78 is 26.7. The van der Waals surface area contributed by atoms with Gasteiger partial charge in [-0.15, -0.1) is 0 Å². The summed E-state index contributed by atoms with van der Waals surface area (Å²) in [6.45, 7) is 1.33. The molecular weight excluding hydrogens is 172 g/mol. The van der Waals surface area contributed by atoms with Crippen LogP contribution in [-0.4, -0.2) is 27.5 Å². The number of rotatable bonds is 3. The number of nitrogens with one attached hydrogen (secondary N) is 1. The Labute approximate surface area is 64.9 Å². The van der Waals surface area contributed by atoms with E-state index in [0.29, 0.717) is 0 Å². The van der Waals surface area contributed by atoms with Crippen molar-refractivity contribution in [3.8, 4) is 0 Å². The van der Waals surface area contributed by atoms with Crippen molar-refractivity contribution < 1.29 is 17.9 Å². The van der Waals surface area contributed by atoms with Gasteiger partial charge in [-0.1, -0.05) is 0 Å². The second-order valence-electron chi connectivity index (χ2n) is 1.91. The molecule has 0 fully saturated rings. The minimum atomic E-state index is -3.83. The molecule has 0 spiro atoms. The molecule has 1 unspecified atom stereocenters. The van der Waals surface area contributed by atoms with Crippen molar-refractivity contribution in [3.63, 3.8) is 0 Å². The van der Waals surface area contributed by atoms with Gasteiger partial charge in [-0.05, 0) is 6.92 Å². The van der Waals surface area contributed by atoms with Gasteiger partial charge in [0.05, 0.1) is 7.11 Å². The van der Waals surface area contributed by atoms with Gasteiger partial charge in [0, 0.05) is 0 Å². The Hall–Kier alpha value is -0.660. The van der Waals surface area contributed by atoms with Gasteiger partial charge in [0.2, 0.25) is 0 Å². The molecule has 0 aliphatic carbocycles. The summed E-state index contributed by atoms with van der Waals surface area (Å²) in [4.78, 5) is 10.6. The average Bonchev–Trinajstić information content (AvgIpc) is 1.82. The Morgan fingerprint density at radius 3 is 2.36 bits per heavy atom. The molecule has 7 heteroatoms. The molecule has 0 rings (SSSR count). The third-order valence-electron chi connectivity index (χ3n) is 0.896. The van der Waals surface area contributed by atoms with E-state index in [0.717, 1.165) is 7.11 Å². The lowest BCUT2D eigenvalue weighted by Crippen LogP contribution is -2.42. The van der Waals surface area contributed by atoms with Crippen molar-refractivity contribution in [2.24, 2.45) is 5.14 Å². The normalized spacial score (nSPS) is 14.1. The van der Waals surface area contributed by atoms with E-state index >= 15 is 0 Å². The number of carbonyl (C=O) groups is 1. The first-order valence-corrected chi connectivity index (χ1v) is 4.29. The first-order chi connectivity index (χ1) is 4.87. The standard InChI is InChI=1S/C4H10N2O4S/c1-3(4(7)10-2)6-11(5,8)9/h3,6H,1-2H3,(H2,5,8,9). The van der Waals surface area contributed by atoms with E-state index < -0.39 is 22.2 Å². The average molecular weight is 182 g/mol. The van der Waals surface area contributed by atoms with Crippen LogP contribution in [0.2, 0.25) is 0 Å². The van der Waals surface area contributed by atoms with Gasteiger partial charge in [-0.25, -0.2) is 5.14 Å². The Kier molecular flexibility index (Phi) is 3.43. The number of ether oxygens (including phenoxy) is 1. The fourth-order valence-electron chi connectivity index (χ4n) is 0.471. The molecule has 3 N–H and O–H groups in total. The maximum absolute atomic E-state index is 10.6. The fourth-order valence-corrected chi connectivity index (χ4v) is 1.06. The zero-order valence-corrected chi connectivity index (χ0v) is 7.01. The van der Waals surface area contributed by atoms with E-state index in [1.54, 1.807) is 0 Å². The number of esters is 1. The quantitative estimate of drug-likeness (QED) is 0.510.